The number of likely N-dealkylation sites (tertiary alicyclic amines) is 1. The minimum absolute atomic E-state index is 0.103. The fourth-order valence-electron chi connectivity index (χ4n) is 7.53. The maximum Gasteiger partial charge on any atom is 0.250 e. The molecule has 2 fully saturated rings. The number of aliphatic hydroxyl groups excluding tert-OH is 1. The predicted molar refractivity (Wildman–Crippen MR) is 168 cm³/mol. The maximum absolute atomic E-state index is 14.7. The van der Waals surface area contributed by atoms with Crippen molar-refractivity contribution in [3.05, 3.63) is 72.8 Å². The van der Waals surface area contributed by atoms with Crippen molar-refractivity contribution < 1.29 is 29.0 Å². The molecule has 5 heterocycles. The van der Waals surface area contributed by atoms with Gasteiger partial charge in [0, 0.05) is 18.8 Å². The second-order valence-electron chi connectivity index (χ2n) is 12.6. The summed E-state index contributed by atoms with van der Waals surface area (Å²) in [4.78, 5) is 48.6. The number of amides is 3. The van der Waals surface area contributed by atoms with Gasteiger partial charge in [-0.1, -0.05) is 55.5 Å². The fraction of sp³-hybridized carbons (Fsp3) is 0.441. The molecule has 3 aromatic rings. The third-order valence-electron chi connectivity index (χ3n) is 9.68. The summed E-state index contributed by atoms with van der Waals surface area (Å²) in [5.74, 6) is -2.27. The van der Waals surface area contributed by atoms with Gasteiger partial charge in [-0.25, -0.2) is 4.68 Å². The first-order valence-electron chi connectivity index (χ1n) is 15.9. The van der Waals surface area contributed by atoms with E-state index in [0.29, 0.717) is 30.1 Å². The molecular formula is C34H38N6O6. The number of aliphatic hydroxyl groups is 1. The number of para-hydroxylation sites is 1. The highest BCUT2D eigenvalue weighted by atomic mass is 16.5. The van der Waals surface area contributed by atoms with Crippen LogP contribution in [0.4, 0.5) is 5.69 Å². The predicted octanol–water partition coefficient (Wildman–Crippen LogP) is 2.39. The molecule has 12 nitrogen and oxygen atoms in total. The zero-order chi connectivity index (χ0) is 32.2. The number of hydrogen-bond acceptors (Lipinski definition) is 8. The number of fused-ring (bicyclic) bond motifs is 3. The van der Waals surface area contributed by atoms with E-state index < -0.39 is 35.6 Å². The van der Waals surface area contributed by atoms with Crippen LogP contribution in [0.5, 0.6) is 5.75 Å². The van der Waals surface area contributed by atoms with Crippen LogP contribution in [0.2, 0.25) is 0 Å². The molecule has 1 aromatic heterocycles. The molecule has 0 aliphatic carbocycles. The van der Waals surface area contributed by atoms with Crippen LogP contribution in [-0.4, -0.2) is 97.7 Å². The van der Waals surface area contributed by atoms with Gasteiger partial charge in [-0.2, -0.15) is 0 Å². The summed E-state index contributed by atoms with van der Waals surface area (Å²) in [6.07, 6.45) is 6.65. The number of aromatic nitrogens is 3. The van der Waals surface area contributed by atoms with Gasteiger partial charge >= 0.3 is 0 Å². The smallest absolute Gasteiger partial charge is 0.250 e. The van der Waals surface area contributed by atoms with Gasteiger partial charge in [0.15, 0.2) is 0 Å². The Hall–Kier alpha value is -4.55. The standard InChI is InChI=1S/C34H38N6O6/c1-4-45-23-14-12-22(13-15-23)38-18-7-11-27-28(31(38)42)29-32(43)40(26(19-41)21(2)3)30-33(44)37(17-8-16-34(29,30)46-27)20-39-25-10-6-5-9-24(25)35-36-39/h5-16,21,26-30,41H,4,17-20H2,1-3H3/t26-,27-,28+,29-,30?,34-/m0/s1. The second-order valence-corrected chi connectivity index (χ2v) is 12.6. The number of benzene rings is 2. The number of nitrogens with zero attached hydrogens (tertiary/aromatic N) is 6. The number of rotatable bonds is 8. The average molecular weight is 627 g/mol. The first-order chi connectivity index (χ1) is 22.3. The van der Waals surface area contributed by atoms with Gasteiger partial charge in [-0.15, -0.1) is 5.10 Å². The van der Waals surface area contributed by atoms with Crippen LogP contribution < -0.4 is 9.64 Å². The Balaban J connectivity index is 1.28. The molecule has 1 spiro atoms. The second kappa shape index (κ2) is 11.7. The Bertz CT molecular complexity index is 1720. The molecule has 0 bridgehead atoms. The topological polar surface area (TPSA) is 130 Å². The van der Waals surface area contributed by atoms with E-state index in [0.717, 1.165) is 5.52 Å². The Morgan fingerprint density at radius 1 is 1.02 bits per heavy atom. The molecule has 3 amide bonds. The van der Waals surface area contributed by atoms with Crippen LogP contribution in [0.25, 0.3) is 11.0 Å². The highest BCUT2D eigenvalue weighted by molar-refractivity contribution is 6.04. The lowest BCUT2D eigenvalue weighted by molar-refractivity contribution is -0.152. The highest BCUT2D eigenvalue weighted by Crippen LogP contribution is 2.54. The van der Waals surface area contributed by atoms with Crippen LogP contribution >= 0.6 is 0 Å². The van der Waals surface area contributed by atoms with Crippen molar-refractivity contribution in [3.63, 3.8) is 0 Å². The van der Waals surface area contributed by atoms with Crippen molar-refractivity contribution in [1.29, 1.82) is 0 Å². The number of carbonyl (C=O) groups excluding carboxylic acids is 3. The summed E-state index contributed by atoms with van der Waals surface area (Å²) in [5, 5.41) is 19.1. The summed E-state index contributed by atoms with van der Waals surface area (Å²) in [5.41, 5.74) is 0.742. The Morgan fingerprint density at radius 3 is 2.54 bits per heavy atom. The monoisotopic (exact) mass is 626 g/mol. The molecule has 4 aliphatic heterocycles. The van der Waals surface area contributed by atoms with Crippen LogP contribution in [0.3, 0.4) is 0 Å². The molecule has 1 unspecified atom stereocenters. The molecular weight excluding hydrogens is 588 g/mol. The Morgan fingerprint density at radius 2 is 1.80 bits per heavy atom. The maximum atomic E-state index is 14.7. The number of anilines is 1. The van der Waals surface area contributed by atoms with E-state index in [2.05, 4.69) is 10.3 Å². The lowest BCUT2D eigenvalue weighted by atomic mass is 9.77. The average Bonchev–Trinajstić information content (AvgIpc) is 3.60. The van der Waals surface area contributed by atoms with E-state index in [9.17, 15) is 19.5 Å². The van der Waals surface area contributed by atoms with Crippen molar-refractivity contribution >= 4 is 34.4 Å². The zero-order valence-corrected chi connectivity index (χ0v) is 26.1. The number of hydrogen-bond donors (Lipinski definition) is 1. The molecule has 46 heavy (non-hydrogen) atoms. The van der Waals surface area contributed by atoms with Crippen LogP contribution in [0, 0.1) is 17.8 Å². The van der Waals surface area contributed by atoms with Crippen molar-refractivity contribution in [3.8, 4) is 5.75 Å². The summed E-state index contributed by atoms with van der Waals surface area (Å²) in [6.45, 7) is 6.56. The summed E-state index contributed by atoms with van der Waals surface area (Å²) < 4.78 is 14.0. The third kappa shape index (κ3) is 4.61. The first-order valence-corrected chi connectivity index (χ1v) is 15.9. The minimum atomic E-state index is -1.41. The minimum Gasteiger partial charge on any atom is -0.494 e. The van der Waals surface area contributed by atoms with E-state index >= 15 is 0 Å². The molecule has 7 rings (SSSR count). The summed E-state index contributed by atoms with van der Waals surface area (Å²) in [7, 11) is 0. The van der Waals surface area contributed by atoms with Crippen molar-refractivity contribution in [2.75, 3.05) is 31.2 Å². The first kappa shape index (κ1) is 30.1. The molecule has 0 radical (unpaired) electrons. The zero-order valence-electron chi connectivity index (χ0n) is 26.1. The van der Waals surface area contributed by atoms with E-state index in [-0.39, 0.29) is 43.5 Å². The normalized spacial score (nSPS) is 28.0. The lowest BCUT2D eigenvalue weighted by Crippen LogP contribution is -2.59. The van der Waals surface area contributed by atoms with E-state index in [4.69, 9.17) is 9.47 Å². The molecule has 0 saturated carbocycles. The van der Waals surface area contributed by atoms with Crippen LogP contribution in [0.1, 0.15) is 20.8 Å². The van der Waals surface area contributed by atoms with Gasteiger partial charge in [0.1, 0.15) is 29.6 Å². The van der Waals surface area contributed by atoms with E-state index in [1.165, 1.54) is 4.90 Å². The number of ether oxygens (including phenoxy) is 2. The molecule has 6 atom stereocenters. The molecule has 2 saturated heterocycles. The Labute approximate surface area is 266 Å². The Kier molecular flexibility index (Phi) is 7.64. The lowest BCUT2D eigenvalue weighted by Gasteiger charge is -2.39. The van der Waals surface area contributed by atoms with Gasteiger partial charge in [-0.3, -0.25) is 14.4 Å². The van der Waals surface area contributed by atoms with Crippen LogP contribution in [0.15, 0.2) is 72.8 Å². The van der Waals surface area contributed by atoms with Crippen molar-refractivity contribution in [2.45, 2.75) is 51.2 Å². The van der Waals surface area contributed by atoms with Gasteiger partial charge in [0.25, 0.3) is 5.91 Å². The molecule has 12 heteroatoms. The summed E-state index contributed by atoms with van der Waals surface area (Å²) in [6, 6.07) is 13.0. The number of carbonyl (C=O) groups is 3. The molecule has 2 aromatic carbocycles. The van der Waals surface area contributed by atoms with Crippen molar-refractivity contribution in [1.82, 2.24) is 24.8 Å². The largest absolute Gasteiger partial charge is 0.494 e. The molecule has 1 N–H and O–H groups in total. The fourth-order valence-corrected chi connectivity index (χ4v) is 7.53. The molecule has 4 aliphatic rings. The third-order valence-corrected chi connectivity index (χ3v) is 9.68. The summed E-state index contributed by atoms with van der Waals surface area (Å²) >= 11 is 0. The SMILES string of the molecule is CCOc1ccc(N2CC=C[C@@H]3O[C@]45C=CCN(Cn6nnc7ccccc76)C(=O)C4N([C@@H](CO)C(C)C)C(=O)[C@@H]5[C@@H]3C2=O)cc1. The van der Waals surface area contributed by atoms with Gasteiger partial charge in [0.2, 0.25) is 11.8 Å². The van der Waals surface area contributed by atoms with E-state index in [1.54, 1.807) is 14.5 Å². The van der Waals surface area contributed by atoms with Gasteiger partial charge in [-0.05, 0) is 49.2 Å². The van der Waals surface area contributed by atoms with Crippen molar-refractivity contribution in [2.24, 2.45) is 17.8 Å². The van der Waals surface area contributed by atoms with Gasteiger partial charge < -0.3 is 29.3 Å². The highest BCUT2D eigenvalue weighted by Gasteiger charge is 2.72. The van der Waals surface area contributed by atoms with Crippen LogP contribution in [-0.2, 0) is 25.8 Å². The van der Waals surface area contributed by atoms with Gasteiger partial charge in [0.05, 0.1) is 42.7 Å². The van der Waals surface area contributed by atoms with E-state index in [1.807, 2.05) is 93.6 Å². The molecule has 240 valence electrons. The quantitative estimate of drug-likeness (QED) is 0.378.